The Bertz CT molecular complexity index is 638. The standard InChI is InChI=1S/C18H25ClN2O3/c1-5-6-15(22)20-7-9-21(10-8-20)18(23)16-13(3)17(19)12(2)11-14(16)24-4/h11H,5-10H2,1-4H3. The molecule has 1 aliphatic rings. The fraction of sp³-hybridized carbons (Fsp3) is 0.556. The molecule has 0 N–H and O–H groups in total. The van der Waals surface area contributed by atoms with Gasteiger partial charge in [0.25, 0.3) is 5.91 Å². The van der Waals surface area contributed by atoms with Crippen LogP contribution in [0.5, 0.6) is 5.75 Å². The first-order chi connectivity index (χ1) is 11.4. The van der Waals surface area contributed by atoms with Crippen molar-refractivity contribution in [3.63, 3.8) is 0 Å². The van der Waals surface area contributed by atoms with Crippen molar-refractivity contribution in [1.29, 1.82) is 0 Å². The molecule has 0 spiro atoms. The number of nitrogens with zero attached hydrogens (tertiary/aromatic N) is 2. The van der Waals surface area contributed by atoms with Crippen LogP contribution in [-0.2, 0) is 4.79 Å². The molecule has 0 unspecified atom stereocenters. The number of ether oxygens (including phenoxy) is 1. The third kappa shape index (κ3) is 3.66. The number of halogens is 1. The van der Waals surface area contributed by atoms with Crippen molar-refractivity contribution >= 4 is 23.4 Å². The highest BCUT2D eigenvalue weighted by atomic mass is 35.5. The van der Waals surface area contributed by atoms with Gasteiger partial charge >= 0.3 is 0 Å². The fourth-order valence-corrected chi connectivity index (χ4v) is 3.19. The van der Waals surface area contributed by atoms with E-state index in [-0.39, 0.29) is 11.8 Å². The summed E-state index contributed by atoms with van der Waals surface area (Å²) < 4.78 is 5.39. The predicted octanol–water partition coefficient (Wildman–Crippen LogP) is 3.05. The molecule has 0 radical (unpaired) electrons. The maximum atomic E-state index is 12.9. The van der Waals surface area contributed by atoms with Gasteiger partial charge in [-0.25, -0.2) is 0 Å². The van der Waals surface area contributed by atoms with Crippen molar-refractivity contribution < 1.29 is 14.3 Å². The van der Waals surface area contributed by atoms with Crippen molar-refractivity contribution in [2.45, 2.75) is 33.6 Å². The van der Waals surface area contributed by atoms with E-state index in [0.717, 1.165) is 17.5 Å². The number of carbonyl (C=O) groups excluding carboxylic acids is 2. The molecule has 1 saturated heterocycles. The molecule has 0 aliphatic carbocycles. The molecule has 1 aromatic carbocycles. The quantitative estimate of drug-likeness (QED) is 0.836. The van der Waals surface area contributed by atoms with Crippen LogP contribution < -0.4 is 4.74 Å². The summed E-state index contributed by atoms with van der Waals surface area (Å²) in [7, 11) is 1.56. The van der Waals surface area contributed by atoms with E-state index in [9.17, 15) is 9.59 Å². The van der Waals surface area contributed by atoms with E-state index >= 15 is 0 Å². The molecule has 1 aromatic rings. The lowest BCUT2D eigenvalue weighted by molar-refractivity contribution is -0.132. The van der Waals surface area contributed by atoms with Crippen molar-refractivity contribution in [2.75, 3.05) is 33.3 Å². The van der Waals surface area contributed by atoms with Gasteiger partial charge in [-0.05, 0) is 37.5 Å². The van der Waals surface area contributed by atoms with Gasteiger partial charge in [0, 0.05) is 37.6 Å². The topological polar surface area (TPSA) is 49.9 Å². The lowest BCUT2D eigenvalue weighted by atomic mass is 10.0. The summed E-state index contributed by atoms with van der Waals surface area (Å²) in [4.78, 5) is 28.5. The molecule has 0 bridgehead atoms. The Kier molecular flexibility index (Phi) is 6.10. The number of methoxy groups -OCH3 is 1. The molecular formula is C18H25ClN2O3. The largest absolute Gasteiger partial charge is 0.496 e. The third-order valence-corrected chi connectivity index (χ3v) is 5.04. The maximum Gasteiger partial charge on any atom is 0.258 e. The Labute approximate surface area is 148 Å². The van der Waals surface area contributed by atoms with Crippen LogP contribution >= 0.6 is 11.6 Å². The maximum absolute atomic E-state index is 12.9. The van der Waals surface area contributed by atoms with Crippen molar-refractivity contribution in [3.05, 3.63) is 27.8 Å². The molecule has 1 aliphatic heterocycles. The summed E-state index contributed by atoms with van der Waals surface area (Å²) in [5.41, 5.74) is 2.14. The zero-order valence-corrected chi connectivity index (χ0v) is 15.6. The minimum atomic E-state index is -0.0890. The zero-order valence-electron chi connectivity index (χ0n) is 14.8. The highest BCUT2D eigenvalue weighted by molar-refractivity contribution is 6.32. The number of amides is 2. The van der Waals surface area contributed by atoms with Crippen molar-refractivity contribution in [3.8, 4) is 5.75 Å². The Morgan fingerprint density at radius 1 is 1.17 bits per heavy atom. The highest BCUT2D eigenvalue weighted by Crippen LogP contribution is 2.32. The van der Waals surface area contributed by atoms with Crippen LogP contribution in [0.2, 0.25) is 5.02 Å². The van der Waals surface area contributed by atoms with Gasteiger partial charge in [0.05, 0.1) is 12.7 Å². The zero-order chi connectivity index (χ0) is 17.9. The van der Waals surface area contributed by atoms with Gasteiger partial charge in [-0.1, -0.05) is 18.5 Å². The van der Waals surface area contributed by atoms with Crippen molar-refractivity contribution in [2.24, 2.45) is 0 Å². The van der Waals surface area contributed by atoms with Gasteiger partial charge in [-0.2, -0.15) is 0 Å². The van der Waals surface area contributed by atoms with Gasteiger partial charge in [-0.15, -0.1) is 0 Å². The van der Waals surface area contributed by atoms with E-state index in [4.69, 9.17) is 16.3 Å². The summed E-state index contributed by atoms with van der Waals surface area (Å²) in [6, 6.07) is 1.80. The molecule has 2 rings (SSSR count). The van der Waals surface area contributed by atoms with E-state index in [1.54, 1.807) is 18.1 Å². The van der Waals surface area contributed by atoms with Crippen molar-refractivity contribution in [1.82, 2.24) is 9.80 Å². The van der Waals surface area contributed by atoms with E-state index in [0.29, 0.717) is 48.9 Å². The Balaban J connectivity index is 2.17. The van der Waals surface area contributed by atoms with Crippen LogP contribution in [0.4, 0.5) is 0 Å². The van der Waals surface area contributed by atoms with Crippen LogP contribution in [0.3, 0.4) is 0 Å². The first-order valence-electron chi connectivity index (χ1n) is 8.31. The van der Waals surface area contributed by atoms with E-state index in [1.165, 1.54) is 0 Å². The summed E-state index contributed by atoms with van der Waals surface area (Å²) in [5.74, 6) is 0.620. The molecule has 6 heteroatoms. The average Bonchev–Trinajstić information content (AvgIpc) is 2.59. The number of aryl methyl sites for hydroxylation is 1. The van der Waals surface area contributed by atoms with Crippen LogP contribution in [0.25, 0.3) is 0 Å². The minimum absolute atomic E-state index is 0.0890. The number of piperazine rings is 1. The summed E-state index contributed by atoms with van der Waals surface area (Å²) in [5, 5.41) is 0.593. The van der Waals surface area contributed by atoms with Gasteiger partial charge < -0.3 is 14.5 Å². The first-order valence-corrected chi connectivity index (χ1v) is 8.69. The second-order valence-corrected chi connectivity index (χ2v) is 6.51. The lowest BCUT2D eigenvalue weighted by Gasteiger charge is -2.35. The smallest absolute Gasteiger partial charge is 0.258 e. The second-order valence-electron chi connectivity index (χ2n) is 6.13. The molecule has 1 fully saturated rings. The normalized spacial score (nSPS) is 14.7. The fourth-order valence-electron chi connectivity index (χ4n) is 3.04. The van der Waals surface area contributed by atoms with Crippen LogP contribution in [0.15, 0.2) is 6.07 Å². The molecule has 132 valence electrons. The molecular weight excluding hydrogens is 328 g/mol. The van der Waals surface area contributed by atoms with Gasteiger partial charge in [0.1, 0.15) is 5.75 Å². The molecule has 0 atom stereocenters. The van der Waals surface area contributed by atoms with Gasteiger partial charge in [0.15, 0.2) is 0 Å². The second kappa shape index (κ2) is 7.88. The van der Waals surface area contributed by atoms with Crippen LogP contribution in [0, 0.1) is 13.8 Å². The number of rotatable bonds is 4. The van der Waals surface area contributed by atoms with E-state index < -0.39 is 0 Å². The summed E-state index contributed by atoms with van der Waals surface area (Å²) >= 11 is 6.32. The van der Waals surface area contributed by atoms with Crippen LogP contribution in [-0.4, -0.2) is 54.9 Å². The SMILES string of the molecule is CCCC(=O)N1CCN(C(=O)c2c(OC)cc(C)c(Cl)c2C)CC1. The molecule has 0 saturated carbocycles. The predicted molar refractivity (Wildman–Crippen MR) is 94.9 cm³/mol. The van der Waals surface area contributed by atoms with E-state index in [2.05, 4.69) is 0 Å². The molecule has 2 amide bonds. The molecule has 0 aromatic heterocycles. The minimum Gasteiger partial charge on any atom is -0.496 e. The molecule has 5 nitrogen and oxygen atoms in total. The third-order valence-electron chi connectivity index (χ3n) is 4.46. The monoisotopic (exact) mass is 352 g/mol. The van der Waals surface area contributed by atoms with Crippen LogP contribution in [0.1, 0.15) is 41.3 Å². The number of hydrogen-bond acceptors (Lipinski definition) is 3. The Hall–Kier alpha value is -1.75. The summed E-state index contributed by atoms with van der Waals surface area (Å²) in [6.07, 6.45) is 1.41. The molecule has 1 heterocycles. The van der Waals surface area contributed by atoms with E-state index in [1.807, 2.05) is 25.7 Å². The number of hydrogen-bond donors (Lipinski definition) is 0. The van der Waals surface area contributed by atoms with Gasteiger partial charge in [-0.3, -0.25) is 9.59 Å². The average molecular weight is 353 g/mol. The molecule has 24 heavy (non-hydrogen) atoms. The summed E-state index contributed by atoms with van der Waals surface area (Å²) in [6.45, 7) is 7.94. The van der Waals surface area contributed by atoms with Gasteiger partial charge in [0.2, 0.25) is 5.91 Å². The lowest BCUT2D eigenvalue weighted by Crippen LogP contribution is -2.50. The Morgan fingerprint density at radius 2 is 1.75 bits per heavy atom. The Morgan fingerprint density at radius 3 is 2.29 bits per heavy atom. The number of carbonyl (C=O) groups is 2. The first kappa shape index (κ1) is 18.6. The number of benzene rings is 1. The highest BCUT2D eigenvalue weighted by Gasteiger charge is 2.28.